The van der Waals surface area contributed by atoms with Crippen molar-refractivity contribution in [1.82, 2.24) is 0 Å². The lowest BCUT2D eigenvalue weighted by Crippen LogP contribution is -2.58. The standard InChI is InChI=1S/C29H44O3/c1-18-4-6-19(7-5-18)8-11-26(31)24-10-9-22-21-17-27(32)25-16-20(30)12-14-29(25,3)23(21)13-15-28(22,24)2/h4-7,20-27,30-32H,8-17H2,1-3H3/t20-,21-,22-,23-,24+,25+,26+,27-,28-,29+/m0/s1. The highest BCUT2D eigenvalue weighted by Gasteiger charge is 2.62. The summed E-state index contributed by atoms with van der Waals surface area (Å²) in [5, 5.41) is 32.8. The molecule has 1 aromatic rings. The number of fused-ring (bicyclic) bond motifs is 5. The van der Waals surface area contributed by atoms with Gasteiger partial charge in [-0.05, 0) is 117 Å². The first-order valence-electron chi connectivity index (χ1n) is 13.3. The first-order chi connectivity index (χ1) is 15.2. The number of benzene rings is 1. The van der Waals surface area contributed by atoms with Crippen LogP contribution in [0.3, 0.4) is 0 Å². The van der Waals surface area contributed by atoms with E-state index in [0.29, 0.717) is 23.7 Å². The van der Waals surface area contributed by atoms with E-state index in [2.05, 4.69) is 45.0 Å². The lowest BCUT2D eigenvalue weighted by Gasteiger charge is -2.62. The molecule has 0 radical (unpaired) electrons. The van der Waals surface area contributed by atoms with Gasteiger partial charge in [-0.25, -0.2) is 0 Å². The summed E-state index contributed by atoms with van der Waals surface area (Å²) in [6, 6.07) is 8.74. The molecule has 0 heterocycles. The Balaban J connectivity index is 1.30. The molecule has 4 saturated carbocycles. The minimum absolute atomic E-state index is 0.172. The van der Waals surface area contributed by atoms with Crippen LogP contribution in [-0.2, 0) is 6.42 Å². The van der Waals surface area contributed by atoms with Gasteiger partial charge in [0.25, 0.3) is 0 Å². The van der Waals surface area contributed by atoms with E-state index in [0.717, 1.165) is 44.9 Å². The van der Waals surface area contributed by atoms with Gasteiger partial charge in [-0.3, -0.25) is 0 Å². The summed E-state index contributed by atoms with van der Waals surface area (Å²) in [6.07, 6.45) is 9.49. The lowest BCUT2D eigenvalue weighted by molar-refractivity contribution is -0.174. The van der Waals surface area contributed by atoms with Gasteiger partial charge in [0.2, 0.25) is 0 Å². The lowest BCUT2D eigenvalue weighted by atomic mass is 9.44. The molecule has 4 fully saturated rings. The minimum atomic E-state index is -0.274. The molecule has 32 heavy (non-hydrogen) atoms. The highest BCUT2D eigenvalue weighted by Crippen LogP contribution is 2.67. The smallest absolute Gasteiger partial charge is 0.0577 e. The van der Waals surface area contributed by atoms with E-state index in [-0.39, 0.29) is 35.1 Å². The molecule has 10 atom stereocenters. The fraction of sp³-hybridized carbons (Fsp3) is 0.793. The zero-order valence-corrected chi connectivity index (χ0v) is 20.3. The third kappa shape index (κ3) is 3.67. The summed E-state index contributed by atoms with van der Waals surface area (Å²) in [6.45, 7) is 7.01. The van der Waals surface area contributed by atoms with Gasteiger partial charge in [-0.2, -0.15) is 0 Å². The van der Waals surface area contributed by atoms with Crippen molar-refractivity contribution >= 4 is 0 Å². The van der Waals surface area contributed by atoms with Crippen molar-refractivity contribution in [2.75, 3.05) is 0 Å². The van der Waals surface area contributed by atoms with E-state index in [4.69, 9.17) is 0 Å². The fourth-order valence-electron chi connectivity index (χ4n) is 9.22. The van der Waals surface area contributed by atoms with Gasteiger partial charge in [0.1, 0.15) is 0 Å². The number of hydrogen-bond donors (Lipinski definition) is 3. The number of rotatable bonds is 4. The van der Waals surface area contributed by atoms with E-state index in [1.165, 1.54) is 30.4 Å². The topological polar surface area (TPSA) is 60.7 Å². The second kappa shape index (κ2) is 8.40. The van der Waals surface area contributed by atoms with Crippen LogP contribution in [0, 0.1) is 47.3 Å². The molecule has 178 valence electrons. The molecule has 0 bridgehead atoms. The summed E-state index contributed by atoms with van der Waals surface area (Å²) in [5.41, 5.74) is 2.98. The zero-order chi connectivity index (χ0) is 22.7. The number of hydrogen-bond acceptors (Lipinski definition) is 3. The highest BCUT2D eigenvalue weighted by atomic mass is 16.3. The molecule has 0 amide bonds. The predicted molar refractivity (Wildman–Crippen MR) is 128 cm³/mol. The third-order valence-corrected chi connectivity index (χ3v) is 11.0. The number of aliphatic hydroxyl groups excluding tert-OH is 3. The zero-order valence-electron chi connectivity index (χ0n) is 20.3. The fourth-order valence-corrected chi connectivity index (χ4v) is 9.22. The third-order valence-electron chi connectivity index (χ3n) is 11.0. The Morgan fingerprint density at radius 1 is 0.875 bits per heavy atom. The van der Waals surface area contributed by atoms with Crippen LogP contribution in [0.5, 0.6) is 0 Å². The summed E-state index contributed by atoms with van der Waals surface area (Å²) >= 11 is 0. The molecule has 4 aliphatic carbocycles. The summed E-state index contributed by atoms with van der Waals surface area (Å²) < 4.78 is 0. The minimum Gasteiger partial charge on any atom is -0.393 e. The Bertz CT molecular complexity index is 805. The van der Waals surface area contributed by atoms with E-state index >= 15 is 0 Å². The Labute approximate surface area is 194 Å². The Hall–Kier alpha value is -0.900. The van der Waals surface area contributed by atoms with Gasteiger partial charge in [-0.1, -0.05) is 43.7 Å². The second-order valence-corrected chi connectivity index (χ2v) is 12.5. The molecule has 5 rings (SSSR count). The van der Waals surface area contributed by atoms with Crippen molar-refractivity contribution < 1.29 is 15.3 Å². The normalized spacial score (nSPS) is 46.8. The quantitative estimate of drug-likeness (QED) is 0.597. The van der Waals surface area contributed by atoms with Crippen LogP contribution >= 0.6 is 0 Å². The Kier molecular flexibility index (Phi) is 6.00. The van der Waals surface area contributed by atoms with E-state index in [1.807, 2.05) is 0 Å². The SMILES string of the molecule is Cc1ccc(CC[C@@H](O)[C@H]2CC[C@H]3[C@@H]4C[C@H](O)[C@H]5C[C@@H](O)CC[C@]5(C)[C@H]4CC[C@]23C)cc1. The van der Waals surface area contributed by atoms with Crippen molar-refractivity contribution in [3.05, 3.63) is 35.4 Å². The molecular formula is C29H44O3. The molecule has 0 spiro atoms. The summed E-state index contributed by atoms with van der Waals surface area (Å²) in [7, 11) is 0. The second-order valence-electron chi connectivity index (χ2n) is 12.5. The average Bonchev–Trinajstić information content (AvgIpc) is 3.12. The molecule has 3 N–H and O–H groups in total. The number of aliphatic hydroxyl groups is 3. The van der Waals surface area contributed by atoms with Gasteiger partial charge < -0.3 is 15.3 Å². The van der Waals surface area contributed by atoms with E-state index in [1.54, 1.807) is 0 Å². The van der Waals surface area contributed by atoms with Gasteiger partial charge >= 0.3 is 0 Å². The maximum atomic E-state index is 11.3. The molecule has 0 saturated heterocycles. The maximum Gasteiger partial charge on any atom is 0.0577 e. The predicted octanol–water partition coefficient (Wildman–Crippen LogP) is 5.28. The Morgan fingerprint density at radius 3 is 2.31 bits per heavy atom. The largest absolute Gasteiger partial charge is 0.393 e. The van der Waals surface area contributed by atoms with Crippen molar-refractivity contribution in [1.29, 1.82) is 0 Å². The molecule has 0 unspecified atom stereocenters. The van der Waals surface area contributed by atoms with Crippen LogP contribution in [0.1, 0.15) is 82.8 Å². The molecule has 4 aliphatic rings. The number of aryl methyl sites for hydroxylation is 2. The van der Waals surface area contributed by atoms with Crippen molar-refractivity contribution in [2.24, 2.45) is 40.4 Å². The molecule has 0 aromatic heterocycles. The molecular weight excluding hydrogens is 396 g/mol. The van der Waals surface area contributed by atoms with Crippen molar-refractivity contribution in [3.63, 3.8) is 0 Å². The monoisotopic (exact) mass is 440 g/mol. The molecule has 0 aliphatic heterocycles. The highest BCUT2D eigenvalue weighted by molar-refractivity contribution is 5.21. The molecule has 3 nitrogen and oxygen atoms in total. The van der Waals surface area contributed by atoms with E-state index < -0.39 is 0 Å². The summed E-state index contributed by atoms with van der Waals surface area (Å²) in [5.74, 6) is 2.52. The molecule has 1 aromatic carbocycles. The van der Waals surface area contributed by atoms with Crippen LogP contribution in [0.25, 0.3) is 0 Å². The first kappa shape index (κ1) is 22.9. The average molecular weight is 441 g/mol. The van der Waals surface area contributed by atoms with Gasteiger partial charge in [0, 0.05) is 0 Å². The van der Waals surface area contributed by atoms with Crippen LogP contribution in [-0.4, -0.2) is 33.6 Å². The van der Waals surface area contributed by atoms with Gasteiger partial charge in [0.15, 0.2) is 0 Å². The van der Waals surface area contributed by atoms with Crippen molar-refractivity contribution in [3.8, 4) is 0 Å². The maximum absolute atomic E-state index is 11.3. The first-order valence-corrected chi connectivity index (χ1v) is 13.3. The van der Waals surface area contributed by atoms with Crippen LogP contribution in [0.2, 0.25) is 0 Å². The van der Waals surface area contributed by atoms with Gasteiger partial charge in [0.05, 0.1) is 18.3 Å². The molecule has 3 heteroatoms. The van der Waals surface area contributed by atoms with Crippen molar-refractivity contribution in [2.45, 2.75) is 103 Å². The van der Waals surface area contributed by atoms with E-state index in [9.17, 15) is 15.3 Å². The van der Waals surface area contributed by atoms with Crippen LogP contribution < -0.4 is 0 Å². The summed E-state index contributed by atoms with van der Waals surface area (Å²) in [4.78, 5) is 0. The Morgan fingerprint density at radius 2 is 1.56 bits per heavy atom. The van der Waals surface area contributed by atoms with Crippen LogP contribution in [0.4, 0.5) is 0 Å². The van der Waals surface area contributed by atoms with Gasteiger partial charge in [-0.15, -0.1) is 0 Å². The van der Waals surface area contributed by atoms with Crippen LogP contribution in [0.15, 0.2) is 24.3 Å².